The van der Waals surface area contributed by atoms with Crippen molar-refractivity contribution < 1.29 is 23.1 Å². The van der Waals surface area contributed by atoms with Gasteiger partial charge in [-0.2, -0.15) is 0 Å². The Morgan fingerprint density at radius 2 is 2.00 bits per heavy atom. The third kappa shape index (κ3) is 7.26. The summed E-state index contributed by atoms with van der Waals surface area (Å²) in [6.45, 7) is 7.86. The van der Waals surface area contributed by atoms with E-state index in [1.54, 1.807) is 12.3 Å². The minimum absolute atomic E-state index is 0.0895. The number of nitrogens with zero attached hydrogens (tertiary/aromatic N) is 1. The number of carboxylic acids is 1. The van der Waals surface area contributed by atoms with Crippen LogP contribution in [0.4, 0.5) is 0 Å². The maximum atomic E-state index is 12.7. The normalized spacial score (nSPS) is 13.7. The average molecular weight is 394 g/mol. The highest BCUT2D eigenvalue weighted by atomic mass is 32.2. The number of sulfonamides is 1. The van der Waals surface area contributed by atoms with E-state index in [4.69, 9.17) is 9.84 Å². The summed E-state index contributed by atoms with van der Waals surface area (Å²) in [5, 5.41) is 9.06. The molecule has 0 amide bonds. The van der Waals surface area contributed by atoms with Crippen LogP contribution in [0.25, 0.3) is 0 Å². The van der Waals surface area contributed by atoms with Crippen LogP contribution in [0.3, 0.4) is 0 Å². The predicted molar refractivity (Wildman–Crippen MR) is 105 cm³/mol. The fourth-order valence-corrected chi connectivity index (χ4v) is 3.06. The monoisotopic (exact) mass is 394 g/mol. The Morgan fingerprint density at radius 3 is 2.52 bits per heavy atom. The number of aliphatic imine (C=N–C) groups is 1. The van der Waals surface area contributed by atoms with Crippen LogP contribution in [0.15, 0.2) is 58.2 Å². The highest BCUT2D eigenvalue weighted by Crippen LogP contribution is 2.16. The van der Waals surface area contributed by atoms with Crippen molar-refractivity contribution in [2.45, 2.75) is 39.0 Å². The first-order valence-corrected chi connectivity index (χ1v) is 9.84. The summed E-state index contributed by atoms with van der Waals surface area (Å²) < 4.78 is 33.0. The van der Waals surface area contributed by atoms with Crippen LogP contribution in [0.1, 0.15) is 44.5 Å². The van der Waals surface area contributed by atoms with Gasteiger partial charge in [0, 0.05) is 6.20 Å². The number of carbonyl (C=O) groups is 1. The zero-order valence-corrected chi connectivity index (χ0v) is 17.0. The molecular formula is C19H26N2O5S. The van der Waals surface area contributed by atoms with Crippen LogP contribution in [-0.4, -0.2) is 32.5 Å². The number of carboxylic acid groups (broad SMARTS) is 1. The molecule has 0 aliphatic carbocycles. The predicted octanol–water partition coefficient (Wildman–Crippen LogP) is 3.56. The van der Waals surface area contributed by atoms with Crippen LogP contribution in [0.2, 0.25) is 0 Å². The second-order valence-electron chi connectivity index (χ2n) is 6.78. The van der Waals surface area contributed by atoms with E-state index >= 15 is 0 Å². The van der Waals surface area contributed by atoms with Crippen molar-refractivity contribution in [3.05, 3.63) is 53.9 Å². The van der Waals surface area contributed by atoms with Crippen molar-refractivity contribution >= 4 is 21.9 Å². The molecule has 1 aromatic carbocycles. The Balaban J connectivity index is 3.23. The smallest absolute Gasteiger partial charge is 0.335 e. The minimum Gasteiger partial charge on any atom is -0.480 e. The molecular weight excluding hydrogens is 368 g/mol. The van der Waals surface area contributed by atoms with Crippen LogP contribution in [0, 0.1) is 5.41 Å². The SMILES string of the molecule is CC\C=C(NS(=O)(=O)c1cccc(C(=O)O)c1)/C(=N\C=C\C(C)(C)C)OC. The van der Waals surface area contributed by atoms with Crippen molar-refractivity contribution in [2.75, 3.05) is 7.11 Å². The molecule has 0 aromatic heterocycles. The van der Waals surface area contributed by atoms with Gasteiger partial charge in [0.15, 0.2) is 0 Å². The maximum absolute atomic E-state index is 12.7. The van der Waals surface area contributed by atoms with Gasteiger partial charge in [-0.3, -0.25) is 4.72 Å². The van der Waals surface area contributed by atoms with Crippen molar-refractivity contribution in [2.24, 2.45) is 10.4 Å². The standard InChI is InChI=1S/C19H26N2O5S/c1-6-8-16(17(26-5)20-12-11-19(2,3)4)21-27(24,25)15-10-7-9-14(13-15)18(22)23/h7-13,21H,6H2,1-5H3,(H,22,23)/b12-11+,16-8+,20-17+. The summed E-state index contributed by atoms with van der Waals surface area (Å²) in [7, 11) is -2.62. The van der Waals surface area contributed by atoms with Gasteiger partial charge in [-0.1, -0.05) is 45.9 Å². The van der Waals surface area contributed by atoms with E-state index in [1.165, 1.54) is 25.3 Å². The number of ether oxygens (including phenoxy) is 1. The Hall–Kier alpha value is -2.61. The molecule has 0 bridgehead atoms. The first-order chi connectivity index (χ1) is 12.5. The Bertz CT molecular complexity index is 862. The highest BCUT2D eigenvalue weighted by Gasteiger charge is 2.20. The van der Waals surface area contributed by atoms with Gasteiger partial charge in [0.05, 0.1) is 17.6 Å². The van der Waals surface area contributed by atoms with Crippen molar-refractivity contribution in [3.63, 3.8) is 0 Å². The molecule has 0 heterocycles. The third-order valence-corrected chi connectivity index (χ3v) is 4.60. The van der Waals surface area contributed by atoms with Crippen LogP contribution < -0.4 is 4.72 Å². The summed E-state index contributed by atoms with van der Waals surface area (Å²) >= 11 is 0. The van der Waals surface area contributed by atoms with E-state index < -0.39 is 16.0 Å². The number of benzene rings is 1. The van der Waals surface area contributed by atoms with E-state index in [2.05, 4.69) is 9.71 Å². The number of rotatable bonds is 7. The van der Waals surface area contributed by atoms with Gasteiger partial charge >= 0.3 is 5.97 Å². The molecule has 2 N–H and O–H groups in total. The molecule has 0 aliphatic rings. The number of methoxy groups -OCH3 is 1. The molecule has 0 aliphatic heterocycles. The fourth-order valence-electron chi connectivity index (χ4n) is 1.94. The molecule has 1 rings (SSSR count). The number of hydrogen-bond acceptors (Lipinski definition) is 5. The molecule has 7 nitrogen and oxygen atoms in total. The van der Waals surface area contributed by atoms with Gasteiger partial charge in [0.1, 0.15) is 5.70 Å². The molecule has 0 atom stereocenters. The Morgan fingerprint density at radius 1 is 1.33 bits per heavy atom. The van der Waals surface area contributed by atoms with Crippen molar-refractivity contribution in [1.29, 1.82) is 0 Å². The second kappa shape index (κ2) is 9.36. The fraction of sp³-hybridized carbons (Fsp3) is 0.368. The van der Waals surface area contributed by atoms with E-state index in [-0.39, 0.29) is 27.5 Å². The van der Waals surface area contributed by atoms with E-state index in [0.717, 1.165) is 6.07 Å². The number of aromatic carboxylic acids is 1. The zero-order valence-electron chi connectivity index (χ0n) is 16.2. The van der Waals surface area contributed by atoms with Gasteiger partial charge in [-0.05, 0) is 30.0 Å². The number of allylic oxidation sites excluding steroid dienone is 2. The first kappa shape index (κ1) is 22.4. The highest BCUT2D eigenvalue weighted by molar-refractivity contribution is 7.89. The molecule has 1 aromatic rings. The molecule has 27 heavy (non-hydrogen) atoms. The van der Waals surface area contributed by atoms with E-state index in [9.17, 15) is 13.2 Å². The molecule has 8 heteroatoms. The largest absolute Gasteiger partial charge is 0.480 e. The molecule has 0 fully saturated rings. The van der Waals surface area contributed by atoms with Gasteiger partial charge in [0.2, 0.25) is 5.90 Å². The molecule has 0 spiro atoms. The number of hydrogen-bond donors (Lipinski definition) is 2. The van der Waals surface area contributed by atoms with Gasteiger partial charge in [-0.15, -0.1) is 0 Å². The molecule has 0 unspecified atom stereocenters. The van der Waals surface area contributed by atoms with Crippen molar-refractivity contribution in [3.8, 4) is 0 Å². The Labute approximate surface area is 160 Å². The summed E-state index contributed by atoms with van der Waals surface area (Å²) in [6.07, 6.45) is 5.59. The summed E-state index contributed by atoms with van der Waals surface area (Å²) in [4.78, 5) is 15.1. The van der Waals surface area contributed by atoms with Crippen LogP contribution >= 0.6 is 0 Å². The quantitative estimate of drug-likeness (QED) is 0.543. The molecule has 0 saturated heterocycles. The second-order valence-corrected chi connectivity index (χ2v) is 8.47. The van der Waals surface area contributed by atoms with Crippen LogP contribution in [-0.2, 0) is 14.8 Å². The average Bonchev–Trinajstić information content (AvgIpc) is 2.57. The minimum atomic E-state index is -4.01. The summed E-state index contributed by atoms with van der Waals surface area (Å²) in [5.74, 6) is -1.10. The molecule has 0 radical (unpaired) electrons. The van der Waals surface area contributed by atoms with Gasteiger partial charge in [-0.25, -0.2) is 18.2 Å². The lowest BCUT2D eigenvalue weighted by Crippen LogP contribution is -2.28. The lowest BCUT2D eigenvalue weighted by molar-refractivity contribution is 0.0696. The molecule has 148 valence electrons. The number of nitrogens with one attached hydrogen (secondary N) is 1. The van der Waals surface area contributed by atoms with E-state index in [1.807, 2.05) is 33.8 Å². The van der Waals surface area contributed by atoms with Crippen LogP contribution in [0.5, 0.6) is 0 Å². The van der Waals surface area contributed by atoms with Crippen molar-refractivity contribution in [1.82, 2.24) is 4.72 Å². The maximum Gasteiger partial charge on any atom is 0.335 e. The zero-order chi connectivity index (χ0) is 20.7. The molecule has 0 saturated carbocycles. The van der Waals surface area contributed by atoms with Gasteiger partial charge < -0.3 is 9.84 Å². The summed E-state index contributed by atoms with van der Waals surface area (Å²) in [6, 6.07) is 5.11. The lowest BCUT2D eigenvalue weighted by Gasteiger charge is -2.14. The Kier molecular flexibility index (Phi) is 7.78. The summed E-state index contributed by atoms with van der Waals surface area (Å²) in [5.41, 5.74) is -0.0276. The first-order valence-electron chi connectivity index (χ1n) is 8.36. The van der Waals surface area contributed by atoms with Gasteiger partial charge in [0.25, 0.3) is 10.0 Å². The third-order valence-electron chi connectivity index (χ3n) is 3.23. The topological polar surface area (TPSA) is 105 Å². The lowest BCUT2D eigenvalue weighted by atomic mass is 9.97. The van der Waals surface area contributed by atoms with E-state index in [0.29, 0.717) is 6.42 Å².